The molecule has 0 radical (unpaired) electrons. The molecule has 7 nitrogen and oxygen atoms in total. The van der Waals surface area contributed by atoms with Gasteiger partial charge in [-0.05, 0) is 18.2 Å². The van der Waals surface area contributed by atoms with Crippen molar-refractivity contribution in [2.24, 2.45) is 0 Å². The maximum atomic E-state index is 13.3. The van der Waals surface area contributed by atoms with Gasteiger partial charge in [-0.15, -0.1) is 11.3 Å². The largest absolute Gasteiger partial charge is 0.487 e. The number of benzene rings is 2. The van der Waals surface area contributed by atoms with Gasteiger partial charge in [0.15, 0.2) is 4.88 Å². The molecule has 0 aliphatic heterocycles. The lowest BCUT2D eigenvalue weighted by Gasteiger charge is -2.13. The van der Waals surface area contributed by atoms with Crippen LogP contribution in [-0.2, 0) is 27.4 Å². The minimum Gasteiger partial charge on any atom is -0.487 e. The SMILES string of the molecule is COC(=O)c1sc(-n2c(S(C)(=O)=O)nc3ccccc32)cc1OCc1ccccc1C(F)(F)F. The molecule has 0 fully saturated rings. The minimum absolute atomic E-state index is 0.0285. The van der Waals surface area contributed by atoms with E-state index >= 15 is 0 Å². The zero-order chi connectivity index (χ0) is 24.7. The molecule has 2 aromatic heterocycles. The summed E-state index contributed by atoms with van der Waals surface area (Å²) in [6, 6.07) is 13.0. The van der Waals surface area contributed by atoms with Crippen LogP contribution in [0.5, 0.6) is 5.75 Å². The summed E-state index contributed by atoms with van der Waals surface area (Å²) < 4.78 is 76.6. The molecule has 0 amide bonds. The van der Waals surface area contributed by atoms with Crippen LogP contribution in [0.25, 0.3) is 16.0 Å². The van der Waals surface area contributed by atoms with E-state index < -0.39 is 34.2 Å². The second-order valence-corrected chi connectivity index (χ2v) is 10.1. The number of imidazole rings is 1. The molecule has 0 N–H and O–H groups in total. The molecule has 4 rings (SSSR count). The van der Waals surface area contributed by atoms with E-state index in [2.05, 4.69) is 4.98 Å². The van der Waals surface area contributed by atoms with Gasteiger partial charge in [-0.3, -0.25) is 4.57 Å². The molecule has 4 aromatic rings. The Morgan fingerprint density at radius 3 is 2.47 bits per heavy atom. The maximum absolute atomic E-state index is 13.3. The van der Waals surface area contributed by atoms with Gasteiger partial charge in [-0.1, -0.05) is 30.3 Å². The van der Waals surface area contributed by atoms with Crippen LogP contribution in [0, 0.1) is 0 Å². The van der Waals surface area contributed by atoms with Crippen LogP contribution in [0.2, 0.25) is 0 Å². The number of ether oxygens (including phenoxy) is 2. The number of para-hydroxylation sites is 2. The molecule has 178 valence electrons. The van der Waals surface area contributed by atoms with Crippen molar-refractivity contribution in [2.45, 2.75) is 17.9 Å². The Balaban J connectivity index is 1.81. The fourth-order valence-corrected chi connectivity index (χ4v) is 5.24. The first-order valence-electron chi connectivity index (χ1n) is 9.68. The number of thiophene rings is 1. The van der Waals surface area contributed by atoms with Crippen LogP contribution in [0.3, 0.4) is 0 Å². The van der Waals surface area contributed by atoms with Crippen molar-refractivity contribution < 1.29 is 35.9 Å². The van der Waals surface area contributed by atoms with Crippen LogP contribution in [-0.4, -0.2) is 37.3 Å². The maximum Gasteiger partial charge on any atom is 0.416 e. The second-order valence-electron chi connectivity index (χ2n) is 7.20. The summed E-state index contributed by atoms with van der Waals surface area (Å²) in [5.74, 6) is -0.818. The van der Waals surface area contributed by atoms with Crippen LogP contribution < -0.4 is 4.74 Å². The molecule has 0 saturated heterocycles. The van der Waals surface area contributed by atoms with Crippen molar-refractivity contribution in [1.82, 2.24) is 9.55 Å². The summed E-state index contributed by atoms with van der Waals surface area (Å²) in [6.45, 7) is -0.473. The van der Waals surface area contributed by atoms with Crippen molar-refractivity contribution in [3.8, 4) is 10.8 Å². The Kier molecular flexibility index (Phi) is 6.13. The summed E-state index contributed by atoms with van der Waals surface area (Å²) in [7, 11) is -2.62. The van der Waals surface area contributed by atoms with Gasteiger partial charge >= 0.3 is 12.1 Å². The molecule has 0 saturated carbocycles. The number of alkyl halides is 3. The van der Waals surface area contributed by atoms with E-state index in [9.17, 15) is 26.4 Å². The lowest BCUT2D eigenvalue weighted by molar-refractivity contribution is -0.138. The molecule has 0 aliphatic rings. The zero-order valence-corrected chi connectivity index (χ0v) is 19.4. The van der Waals surface area contributed by atoms with Gasteiger partial charge in [0, 0.05) is 17.9 Å². The van der Waals surface area contributed by atoms with Crippen molar-refractivity contribution in [2.75, 3.05) is 13.4 Å². The van der Waals surface area contributed by atoms with Crippen molar-refractivity contribution in [3.63, 3.8) is 0 Å². The monoisotopic (exact) mass is 510 g/mol. The zero-order valence-electron chi connectivity index (χ0n) is 17.8. The van der Waals surface area contributed by atoms with Gasteiger partial charge in [0.1, 0.15) is 17.4 Å². The number of methoxy groups -OCH3 is 1. The number of carbonyl (C=O) groups excluding carboxylic acids is 1. The van der Waals surface area contributed by atoms with Gasteiger partial charge in [0.25, 0.3) is 0 Å². The summed E-state index contributed by atoms with van der Waals surface area (Å²) in [4.78, 5) is 16.6. The van der Waals surface area contributed by atoms with E-state index in [4.69, 9.17) is 9.47 Å². The highest BCUT2D eigenvalue weighted by molar-refractivity contribution is 7.90. The highest BCUT2D eigenvalue weighted by Crippen LogP contribution is 2.37. The minimum atomic E-state index is -4.58. The van der Waals surface area contributed by atoms with Crippen molar-refractivity contribution in [3.05, 3.63) is 70.6 Å². The summed E-state index contributed by atoms with van der Waals surface area (Å²) >= 11 is 0.877. The van der Waals surface area contributed by atoms with E-state index in [0.717, 1.165) is 30.8 Å². The summed E-state index contributed by atoms with van der Waals surface area (Å²) in [5.41, 5.74) is -0.0967. The third kappa shape index (κ3) is 4.50. The quantitative estimate of drug-likeness (QED) is 0.344. The Hall–Kier alpha value is -3.38. The molecular formula is C22H17F3N2O5S2. The van der Waals surface area contributed by atoms with Crippen LogP contribution >= 0.6 is 11.3 Å². The van der Waals surface area contributed by atoms with E-state index in [-0.39, 0.29) is 26.3 Å². The van der Waals surface area contributed by atoms with Gasteiger partial charge in [-0.2, -0.15) is 13.2 Å². The molecule has 0 aliphatic carbocycles. The van der Waals surface area contributed by atoms with E-state index in [1.54, 1.807) is 24.3 Å². The van der Waals surface area contributed by atoms with Gasteiger partial charge < -0.3 is 9.47 Å². The number of aromatic nitrogens is 2. The van der Waals surface area contributed by atoms with E-state index in [0.29, 0.717) is 11.0 Å². The number of hydrogen-bond donors (Lipinski definition) is 0. The average Bonchev–Trinajstić information content (AvgIpc) is 3.38. The number of hydrogen-bond acceptors (Lipinski definition) is 7. The lowest BCUT2D eigenvalue weighted by atomic mass is 10.1. The fraction of sp³-hybridized carbons (Fsp3) is 0.182. The molecule has 2 aromatic carbocycles. The highest BCUT2D eigenvalue weighted by atomic mass is 32.2. The Labute approximate surface area is 196 Å². The summed E-state index contributed by atoms with van der Waals surface area (Å²) in [6.07, 6.45) is -3.57. The van der Waals surface area contributed by atoms with Crippen LogP contribution in [0.15, 0.2) is 59.8 Å². The normalized spacial score (nSPS) is 12.1. The standard InChI is InChI=1S/C22H17F3N2O5S2/c1-31-20(28)19-17(32-12-13-7-3-4-8-14(13)22(23,24)25)11-18(33-19)27-16-10-6-5-9-15(16)26-21(27)34(2,29)30/h3-11H,12H2,1-2H3. The first-order valence-corrected chi connectivity index (χ1v) is 12.4. The van der Waals surface area contributed by atoms with Gasteiger partial charge in [-0.25, -0.2) is 18.2 Å². The Bertz CT molecular complexity index is 1490. The number of nitrogens with zero attached hydrogens (tertiary/aromatic N) is 2. The first kappa shape index (κ1) is 23.8. The number of esters is 1. The first-order chi connectivity index (χ1) is 16.0. The Morgan fingerprint density at radius 2 is 1.79 bits per heavy atom. The smallest absolute Gasteiger partial charge is 0.416 e. The molecule has 12 heteroatoms. The summed E-state index contributed by atoms with van der Waals surface area (Å²) in [5, 5.41) is 0.0222. The molecule has 34 heavy (non-hydrogen) atoms. The third-order valence-corrected chi connectivity index (χ3v) is 6.86. The number of sulfone groups is 1. The molecule has 0 atom stereocenters. The van der Waals surface area contributed by atoms with Gasteiger partial charge in [0.2, 0.25) is 15.0 Å². The topological polar surface area (TPSA) is 87.5 Å². The second kappa shape index (κ2) is 8.76. The third-order valence-electron chi connectivity index (χ3n) is 4.84. The highest BCUT2D eigenvalue weighted by Gasteiger charge is 2.33. The van der Waals surface area contributed by atoms with Crippen molar-refractivity contribution >= 4 is 38.2 Å². The predicted octanol–water partition coefficient (Wildman–Crippen LogP) is 4.87. The van der Waals surface area contributed by atoms with E-state index in [1.165, 1.54) is 28.8 Å². The fourth-order valence-electron chi connectivity index (χ4n) is 3.36. The molecule has 0 unspecified atom stereocenters. The van der Waals surface area contributed by atoms with Gasteiger partial charge in [0.05, 0.1) is 23.7 Å². The predicted molar refractivity (Wildman–Crippen MR) is 119 cm³/mol. The molecular weight excluding hydrogens is 493 g/mol. The van der Waals surface area contributed by atoms with Crippen LogP contribution in [0.1, 0.15) is 20.8 Å². The lowest BCUT2D eigenvalue weighted by Crippen LogP contribution is -2.11. The Morgan fingerprint density at radius 1 is 1.12 bits per heavy atom. The molecule has 2 heterocycles. The number of rotatable bonds is 6. The number of halogens is 3. The molecule has 0 bridgehead atoms. The van der Waals surface area contributed by atoms with Crippen LogP contribution in [0.4, 0.5) is 13.2 Å². The average molecular weight is 511 g/mol. The van der Waals surface area contributed by atoms with E-state index in [1.807, 2.05) is 0 Å². The number of fused-ring (bicyclic) bond motifs is 1. The molecule has 0 spiro atoms. The number of carbonyl (C=O) groups is 1. The van der Waals surface area contributed by atoms with Crippen molar-refractivity contribution in [1.29, 1.82) is 0 Å².